The molecule has 0 aromatic heterocycles. The molecule has 0 aromatic carbocycles. The highest BCUT2D eigenvalue weighted by atomic mass is 28.4. The lowest BCUT2D eigenvalue weighted by molar-refractivity contribution is -0.302. The lowest BCUT2D eigenvalue weighted by atomic mass is 9.82. The second-order valence-corrected chi connectivity index (χ2v) is 21.0. The highest BCUT2D eigenvalue weighted by Gasteiger charge is 2.56. The van der Waals surface area contributed by atoms with Gasteiger partial charge in [0, 0.05) is 44.9 Å². The summed E-state index contributed by atoms with van der Waals surface area (Å²) in [5.74, 6) is -7.77. The van der Waals surface area contributed by atoms with Crippen LogP contribution in [0.25, 0.3) is 0 Å². The van der Waals surface area contributed by atoms with Crippen LogP contribution in [0.5, 0.6) is 0 Å². The number of rotatable bonds is 9. The Hall–Kier alpha value is -2.29. The van der Waals surface area contributed by atoms with Gasteiger partial charge >= 0.3 is 5.97 Å². The summed E-state index contributed by atoms with van der Waals surface area (Å²) in [5, 5.41) is 12.0. The quantitative estimate of drug-likeness (QED) is 0.127. The second-order valence-electron chi connectivity index (χ2n) is 16.3. The molecule has 0 saturated carbocycles. The predicted octanol–water partition coefficient (Wildman–Crippen LogP) is 5.97. The van der Waals surface area contributed by atoms with Crippen LogP contribution in [0.4, 0.5) is 0 Å². The van der Waals surface area contributed by atoms with Crippen LogP contribution in [-0.4, -0.2) is 111 Å². The molecule has 2 bridgehead atoms. The molecular weight excluding hydrogens is 711 g/mol. The number of nitrogens with zero attached hydrogens (tertiary/aromatic N) is 1. The summed E-state index contributed by atoms with van der Waals surface area (Å²) in [6.45, 7) is 17.2. The van der Waals surface area contributed by atoms with Crippen molar-refractivity contribution in [2.24, 2.45) is 23.7 Å². The summed E-state index contributed by atoms with van der Waals surface area (Å²) in [4.78, 5) is 71.0. The molecule has 12 nitrogen and oxygen atoms in total. The molecule has 0 aliphatic carbocycles. The molecule has 2 saturated heterocycles. The van der Waals surface area contributed by atoms with Crippen LogP contribution in [0.1, 0.15) is 114 Å². The van der Waals surface area contributed by atoms with Crippen molar-refractivity contribution in [3.05, 3.63) is 11.6 Å². The van der Waals surface area contributed by atoms with E-state index in [9.17, 15) is 29.1 Å². The van der Waals surface area contributed by atoms with Gasteiger partial charge in [0.2, 0.25) is 5.79 Å². The molecule has 308 valence electrons. The van der Waals surface area contributed by atoms with Gasteiger partial charge in [-0.25, -0.2) is 4.79 Å². The largest absolute Gasteiger partial charge is 0.452 e. The van der Waals surface area contributed by atoms with E-state index in [2.05, 4.69) is 27.7 Å². The number of carbonyl (C=O) groups is 5. The van der Waals surface area contributed by atoms with Crippen LogP contribution in [0.15, 0.2) is 11.6 Å². The van der Waals surface area contributed by atoms with Crippen LogP contribution >= 0.6 is 0 Å². The van der Waals surface area contributed by atoms with Crippen LogP contribution < -0.4 is 0 Å². The van der Waals surface area contributed by atoms with Gasteiger partial charge in [-0.15, -0.1) is 0 Å². The van der Waals surface area contributed by atoms with Crippen molar-refractivity contribution < 1.29 is 52.5 Å². The number of allylic oxidation sites excluding steroid dienone is 2. The maximum Gasteiger partial charge on any atom is 0.329 e. The number of ketones is 3. The number of fused-ring (bicyclic) bond motifs is 3. The minimum Gasteiger partial charge on any atom is -0.452 e. The van der Waals surface area contributed by atoms with Gasteiger partial charge in [0.15, 0.2) is 20.2 Å². The third-order valence-electron chi connectivity index (χ3n) is 12.6. The molecular formula is C41H69NO11Si. The molecule has 3 rings (SSSR count). The molecule has 13 heteroatoms. The summed E-state index contributed by atoms with van der Waals surface area (Å²) in [6, 6.07) is 1.32. The Morgan fingerprint density at radius 1 is 0.944 bits per heavy atom. The molecule has 54 heavy (non-hydrogen) atoms. The lowest BCUT2D eigenvalue weighted by Gasteiger charge is -2.47. The Labute approximate surface area is 324 Å². The van der Waals surface area contributed by atoms with Crippen molar-refractivity contribution in [1.29, 1.82) is 0 Å². The number of methoxy groups -OCH3 is 2. The van der Waals surface area contributed by atoms with Crippen molar-refractivity contribution in [3.63, 3.8) is 0 Å². The molecule has 3 aliphatic rings. The van der Waals surface area contributed by atoms with Gasteiger partial charge in [0.25, 0.3) is 11.7 Å². The number of hydrogen-bond donors (Lipinski definition) is 1. The maximum absolute atomic E-state index is 14.2. The fourth-order valence-corrected chi connectivity index (χ4v) is 11.7. The fraction of sp³-hybridized carbons (Fsp3) is 0.829. The van der Waals surface area contributed by atoms with Crippen molar-refractivity contribution in [3.8, 4) is 0 Å². The number of cyclic esters (lactones) is 1. The van der Waals surface area contributed by atoms with Crippen molar-refractivity contribution in [2.75, 3.05) is 20.8 Å². The number of carbonyl (C=O) groups excluding carboxylic acids is 5. The van der Waals surface area contributed by atoms with Crippen LogP contribution in [0.3, 0.4) is 0 Å². The smallest absolute Gasteiger partial charge is 0.329 e. The predicted molar refractivity (Wildman–Crippen MR) is 207 cm³/mol. The van der Waals surface area contributed by atoms with Gasteiger partial charge < -0.3 is 33.4 Å². The van der Waals surface area contributed by atoms with E-state index in [1.807, 2.05) is 19.9 Å². The van der Waals surface area contributed by atoms with E-state index in [0.717, 1.165) is 28.6 Å². The van der Waals surface area contributed by atoms with Crippen LogP contribution in [-0.2, 0) is 47.3 Å². The lowest BCUT2D eigenvalue weighted by Crippen LogP contribution is -2.64. The molecule has 3 aliphatic heterocycles. The summed E-state index contributed by atoms with van der Waals surface area (Å²) < 4.78 is 30.9. The molecule has 0 spiro atoms. The molecule has 11 unspecified atom stereocenters. The Balaban J connectivity index is 2.17. The summed E-state index contributed by atoms with van der Waals surface area (Å²) in [6.07, 6.45) is 1.39. The highest BCUT2D eigenvalue weighted by molar-refractivity contribution is 6.73. The topological polar surface area (TPSA) is 155 Å². The number of hydrogen-bond acceptors (Lipinski definition) is 11. The Morgan fingerprint density at radius 2 is 1.56 bits per heavy atom. The summed E-state index contributed by atoms with van der Waals surface area (Å²) in [7, 11) is 0.759. The van der Waals surface area contributed by atoms with Crippen LogP contribution in [0.2, 0.25) is 18.1 Å². The number of Topliss-reactive ketones (excluding diaryl/α,β-unsaturated/α-hetero) is 3. The summed E-state index contributed by atoms with van der Waals surface area (Å²) >= 11 is 0. The minimum absolute atomic E-state index is 0.00337. The Morgan fingerprint density at radius 3 is 2.11 bits per heavy atom. The number of ether oxygens (including phenoxy) is 4. The zero-order valence-electron chi connectivity index (χ0n) is 34.8. The molecule has 0 aromatic rings. The molecule has 1 amide bonds. The minimum atomic E-state index is -2.50. The van der Waals surface area contributed by atoms with Gasteiger partial charge in [-0.05, 0) is 82.8 Å². The molecule has 0 radical (unpaired) electrons. The van der Waals surface area contributed by atoms with Gasteiger partial charge in [-0.1, -0.05) is 60.1 Å². The fourth-order valence-electron chi connectivity index (χ4n) is 8.78. The van der Waals surface area contributed by atoms with Gasteiger partial charge in [-0.2, -0.15) is 0 Å². The summed E-state index contributed by atoms with van der Waals surface area (Å²) in [5.41, 5.74) is 1.03. The first-order valence-corrected chi connectivity index (χ1v) is 22.9. The molecule has 1 N–H and O–H groups in total. The SMILES string of the molecule is CCC1C=C(C)CC(C)CC(OC)C2OC(O)(C(=O)C(=O)N3CCCCC3C(=O)OC(C(C)=O)C(C)C(O[Si](CC)(CC)CC)CC1=O)C(C)CC2OC. The van der Waals surface area contributed by atoms with E-state index in [4.69, 9.17) is 23.4 Å². The molecule has 11 atom stereocenters. The first kappa shape index (κ1) is 46.1. The Bertz CT molecular complexity index is 1340. The third kappa shape index (κ3) is 10.6. The molecule has 3 heterocycles. The first-order valence-electron chi connectivity index (χ1n) is 20.4. The van der Waals surface area contributed by atoms with E-state index in [1.54, 1.807) is 21.0 Å². The van der Waals surface area contributed by atoms with E-state index in [1.165, 1.54) is 14.0 Å². The average Bonchev–Trinajstić information content (AvgIpc) is 3.16. The third-order valence-corrected chi connectivity index (χ3v) is 17.2. The standard InChI is InChI=1S/C41H69NO11Si/c1-12-30-21-25(5)20-26(6)22-34(49-10)37-35(50-11)23-27(7)41(48,52-37)38(45)39(46)42-19-17-16-18-31(42)40(47)51-36(29(9)43)28(8)33(24-32(30)44)53-54(13-2,14-3)15-4/h21,26-28,30-31,33-37,48H,12-20,22-24H2,1-11H3. The van der Waals surface area contributed by atoms with Gasteiger partial charge in [0.05, 0.1) is 18.3 Å². The van der Waals surface area contributed by atoms with E-state index < -0.39 is 85.9 Å². The molecule has 2 fully saturated rings. The average molecular weight is 780 g/mol. The number of aliphatic hydroxyl groups is 1. The number of esters is 1. The van der Waals surface area contributed by atoms with E-state index >= 15 is 0 Å². The van der Waals surface area contributed by atoms with Crippen molar-refractivity contribution >= 4 is 37.5 Å². The zero-order valence-corrected chi connectivity index (χ0v) is 35.8. The maximum atomic E-state index is 14.2. The Kier molecular flexibility index (Phi) is 17.3. The van der Waals surface area contributed by atoms with Gasteiger partial charge in [-0.3, -0.25) is 19.2 Å². The van der Waals surface area contributed by atoms with Gasteiger partial charge in [0.1, 0.15) is 17.9 Å². The van der Waals surface area contributed by atoms with E-state index in [-0.39, 0.29) is 43.4 Å². The van der Waals surface area contributed by atoms with E-state index in [0.29, 0.717) is 32.1 Å². The first-order chi connectivity index (χ1) is 25.5. The van der Waals surface area contributed by atoms with Crippen molar-refractivity contribution in [2.45, 2.75) is 174 Å². The second kappa shape index (κ2) is 20.2. The van der Waals surface area contributed by atoms with Crippen molar-refractivity contribution in [1.82, 2.24) is 4.90 Å². The monoisotopic (exact) mass is 779 g/mol. The zero-order chi connectivity index (χ0) is 40.5. The normalized spacial score (nSPS) is 35.8. The number of amides is 1. The number of piperidine rings is 1. The van der Waals surface area contributed by atoms with Crippen LogP contribution in [0, 0.1) is 23.7 Å². The highest BCUT2D eigenvalue weighted by Crippen LogP contribution is 2.39.